The van der Waals surface area contributed by atoms with Crippen molar-refractivity contribution in [2.45, 2.75) is 45.1 Å². The predicted octanol–water partition coefficient (Wildman–Crippen LogP) is 3.75. The topological polar surface area (TPSA) is 55.4 Å². The van der Waals surface area contributed by atoms with Gasteiger partial charge < -0.3 is 10.1 Å². The molecule has 0 saturated heterocycles. The predicted molar refractivity (Wildman–Crippen MR) is 88.2 cm³/mol. The van der Waals surface area contributed by atoms with Crippen molar-refractivity contribution in [1.29, 1.82) is 0 Å². The van der Waals surface area contributed by atoms with Crippen molar-refractivity contribution in [1.82, 2.24) is 5.32 Å². The number of nitrogens with one attached hydrogen (secondary N) is 1. The highest BCUT2D eigenvalue weighted by Crippen LogP contribution is 2.24. The molecule has 1 aromatic carbocycles. The van der Waals surface area contributed by atoms with E-state index in [9.17, 15) is 9.59 Å². The normalized spacial score (nSPS) is 16.8. The van der Waals surface area contributed by atoms with Gasteiger partial charge in [0.2, 0.25) is 0 Å². The minimum absolute atomic E-state index is 0.0227. The molecule has 5 heteroatoms. The number of amides is 1. The molecule has 0 bridgehead atoms. The molecule has 0 unspecified atom stereocenters. The Labute approximate surface area is 139 Å². The standard InChI is InChI=1S/C17H22BrNO3/c1-12(13-7-9-15(18)10-8-13)19-16(20)11-22-17(21)14-5-3-2-4-6-14/h7-10,12,14H,2-6,11H2,1H3,(H,19,20)/t12-/m1/s1. The van der Waals surface area contributed by atoms with Gasteiger partial charge in [0.25, 0.3) is 5.91 Å². The third kappa shape index (κ3) is 5.13. The molecule has 0 aliphatic heterocycles. The molecule has 4 nitrogen and oxygen atoms in total. The molecule has 1 saturated carbocycles. The van der Waals surface area contributed by atoms with Crippen LogP contribution in [0.25, 0.3) is 0 Å². The van der Waals surface area contributed by atoms with E-state index in [1.54, 1.807) is 0 Å². The zero-order valence-corrected chi connectivity index (χ0v) is 14.4. The summed E-state index contributed by atoms with van der Waals surface area (Å²) in [6.45, 7) is 1.71. The summed E-state index contributed by atoms with van der Waals surface area (Å²) in [6, 6.07) is 7.64. The molecule has 22 heavy (non-hydrogen) atoms. The van der Waals surface area contributed by atoms with E-state index in [0.717, 1.165) is 35.7 Å². The van der Waals surface area contributed by atoms with E-state index in [1.807, 2.05) is 31.2 Å². The van der Waals surface area contributed by atoms with Gasteiger partial charge in [-0.15, -0.1) is 0 Å². The number of hydrogen-bond acceptors (Lipinski definition) is 3. The van der Waals surface area contributed by atoms with Crippen molar-refractivity contribution >= 4 is 27.8 Å². The molecule has 2 rings (SSSR count). The summed E-state index contributed by atoms with van der Waals surface area (Å²) < 4.78 is 6.14. The van der Waals surface area contributed by atoms with Gasteiger partial charge >= 0.3 is 5.97 Å². The van der Waals surface area contributed by atoms with Crippen molar-refractivity contribution < 1.29 is 14.3 Å². The fraction of sp³-hybridized carbons (Fsp3) is 0.529. The first kappa shape index (κ1) is 17.0. The fourth-order valence-electron chi connectivity index (χ4n) is 2.71. The van der Waals surface area contributed by atoms with Gasteiger partial charge in [0.1, 0.15) is 0 Å². The molecule has 1 atom stereocenters. The van der Waals surface area contributed by atoms with E-state index in [0.29, 0.717) is 0 Å². The first-order valence-corrected chi connectivity index (χ1v) is 8.57. The lowest BCUT2D eigenvalue weighted by Gasteiger charge is -2.20. The SMILES string of the molecule is C[C@@H](NC(=O)COC(=O)C1CCCCC1)c1ccc(Br)cc1. The van der Waals surface area contributed by atoms with Crippen molar-refractivity contribution in [3.63, 3.8) is 0 Å². The third-order valence-corrected chi connectivity index (χ3v) is 4.56. The maximum absolute atomic E-state index is 11.9. The van der Waals surface area contributed by atoms with E-state index in [2.05, 4.69) is 21.2 Å². The second kappa shape index (κ2) is 8.32. The Morgan fingerprint density at radius 1 is 1.23 bits per heavy atom. The van der Waals surface area contributed by atoms with E-state index >= 15 is 0 Å². The number of benzene rings is 1. The molecule has 1 aliphatic rings. The molecule has 1 aliphatic carbocycles. The Bertz CT molecular complexity index is 509. The number of ether oxygens (including phenoxy) is 1. The second-order valence-corrected chi connectivity index (χ2v) is 6.70. The number of carbonyl (C=O) groups excluding carboxylic acids is 2. The van der Waals surface area contributed by atoms with E-state index in [4.69, 9.17) is 4.74 Å². The van der Waals surface area contributed by atoms with Crippen LogP contribution in [0.3, 0.4) is 0 Å². The minimum atomic E-state index is -0.264. The largest absolute Gasteiger partial charge is 0.455 e. The molecule has 1 N–H and O–H groups in total. The van der Waals surface area contributed by atoms with Gasteiger partial charge in [0.05, 0.1) is 12.0 Å². The lowest BCUT2D eigenvalue weighted by atomic mass is 9.89. The first-order chi connectivity index (χ1) is 10.6. The number of hydrogen-bond donors (Lipinski definition) is 1. The van der Waals surface area contributed by atoms with Gasteiger partial charge in [-0.2, -0.15) is 0 Å². The summed E-state index contributed by atoms with van der Waals surface area (Å²) in [7, 11) is 0. The lowest BCUT2D eigenvalue weighted by molar-refractivity contribution is -0.153. The molecule has 0 spiro atoms. The summed E-state index contributed by atoms with van der Waals surface area (Å²) in [5, 5.41) is 2.84. The molecule has 1 aromatic rings. The Hall–Kier alpha value is -1.36. The highest BCUT2D eigenvalue weighted by molar-refractivity contribution is 9.10. The van der Waals surface area contributed by atoms with Gasteiger partial charge in [-0.3, -0.25) is 9.59 Å². The van der Waals surface area contributed by atoms with Crippen LogP contribution in [0.2, 0.25) is 0 Å². The third-order valence-electron chi connectivity index (χ3n) is 4.03. The zero-order chi connectivity index (χ0) is 15.9. The Kier molecular flexibility index (Phi) is 6.43. The highest BCUT2D eigenvalue weighted by Gasteiger charge is 2.23. The van der Waals surface area contributed by atoms with Crippen molar-refractivity contribution in [2.24, 2.45) is 5.92 Å². The molecular weight excluding hydrogens is 346 g/mol. The fourth-order valence-corrected chi connectivity index (χ4v) is 2.98. The van der Waals surface area contributed by atoms with E-state index in [-0.39, 0.29) is 30.4 Å². The van der Waals surface area contributed by atoms with Crippen LogP contribution in [0.4, 0.5) is 0 Å². The van der Waals surface area contributed by atoms with Gasteiger partial charge in [-0.1, -0.05) is 47.3 Å². The Balaban J connectivity index is 1.75. The number of rotatable bonds is 5. The van der Waals surface area contributed by atoms with Gasteiger partial charge in [0.15, 0.2) is 6.61 Å². The molecule has 0 radical (unpaired) electrons. The molecule has 120 valence electrons. The van der Waals surface area contributed by atoms with Gasteiger partial charge in [-0.25, -0.2) is 0 Å². The van der Waals surface area contributed by atoms with Crippen LogP contribution >= 0.6 is 15.9 Å². The van der Waals surface area contributed by atoms with Crippen LogP contribution in [-0.4, -0.2) is 18.5 Å². The van der Waals surface area contributed by atoms with Crippen LogP contribution in [0.5, 0.6) is 0 Å². The van der Waals surface area contributed by atoms with Gasteiger partial charge in [0, 0.05) is 4.47 Å². The Morgan fingerprint density at radius 2 is 1.86 bits per heavy atom. The minimum Gasteiger partial charge on any atom is -0.455 e. The van der Waals surface area contributed by atoms with Crippen molar-refractivity contribution in [2.75, 3.05) is 6.61 Å². The molecule has 0 heterocycles. The average Bonchev–Trinajstić information content (AvgIpc) is 2.54. The highest BCUT2D eigenvalue weighted by atomic mass is 79.9. The monoisotopic (exact) mass is 367 g/mol. The maximum atomic E-state index is 11.9. The van der Waals surface area contributed by atoms with Crippen molar-refractivity contribution in [3.05, 3.63) is 34.3 Å². The maximum Gasteiger partial charge on any atom is 0.309 e. The van der Waals surface area contributed by atoms with Crippen LogP contribution < -0.4 is 5.32 Å². The van der Waals surface area contributed by atoms with E-state index in [1.165, 1.54) is 6.42 Å². The first-order valence-electron chi connectivity index (χ1n) is 7.77. The molecule has 0 aromatic heterocycles. The van der Waals surface area contributed by atoms with E-state index < -0.39 is 0 Å². The van der Waals surface area contributed by atoms with Crippen LogP contribution in [0.1, 0.15) is 50.6 Å². The smallest absolute Gasteiger partial charge is 0.309 e. The zero-order valence-electron chi connectivity index (χ0n) is 12.8. The summed E-state index contributed by atoms with van der Waals surface area (Å²) in [5.74, 6) is -0.517. The quantitative estimate of drug-likeness (QED) is 0.806. The summed E-state index contributed by atoms with van der Waals surface area (Å²) in [4.78, 5) is 23.8. The van der Waals surface area contributed by atoms with Crippen LogP contribution in [0.15, 0.2) is 28.7 Å². The summed E-state index contributed by atoms with van der Waals surface area (Å²) in [5.41, 5.74) is 1.01. The van der Waals surface area contributed by atoms with Crippen LogP contribution in [0, 0.1) is 5.92 Å². The number of esters is 1. The Morgan fingerprint density at radius 3 is 2.50 bits per heavy atom. The number of halogens is 1. The number of carbonyl (C=O) groups is 2. The second-order valence-electron chi connectivity index (χ2n) is 5.78. The lowest BCUT2D eigenvalue weighted by Crippen LogP contribution is -2.32. The van der Waals surface area contributed by atoms with Crippen molar-refractivity contribution in [3.8, 4) is 0 Å². The molecular formula is C17H22BrNO3. The summed E-state index contributed by atoms with van der Waals surface area (Å²) >= 11 is 3.38. The van der Waals surface area contributed by atoms with Crippen LogP contribution in [-0.2, 0) is 14.3 Å². The summed E-state index contributed by atoms with van der Waals surface area (Å²) in [6.07, 6.45) is 5.11. The average molecular weight is 368 g/mol. The molecule has 1 fully saturated rings. The molecule has 1 amide bonds. The van der Waals surface area contributed by atoms with Gasteiger partial charge in [-0.05, 0) is 37.5 Å².